The van der Waals surface area contributed by atoms with Crippen LogP contribution in [0.25, 0.3) is 11.1 Å². The molecule has 5 heteroatoms. The molecular formula is C13H17N3O2. The molecule has 3 N–H and O–H groups in total. The molecule has 1 aromatic carbocycles. The molecule has 1 fully saturated rings. The molecule has 0 amide bonds. The van der Waals surface area contributed by atoms with Crippen LogP contribution in [0.1, 0.15) is 12.3 Å². The summed E-state index contributed by atoms with van der Waals surface area (Å²) in [4.78, 5) is 6.70. The Kier molecular flexibility index (Phi) is 2.93. The van der Waals surface area contributed by atoms with E-state index in [1.807, 2.05) is 12.1 Å². The second kappa shape index (κ2) is 4.59. The Morgan fingerprint density at radius 2 is 2.39 bits per heavy atom. The number of rotatable bonds is 3. The lowest BCUT2D eigenvalue weighted by Gasteiger charge is -2.12. The zero-order valence-corrected chi connectivity index (χ0v) is 10.2. The molecule has 0 spiro atoms. The number of hydrogen-bond donors (Lipinski definition) is 2. The number of oxazole rings is 1. The number of fused-ring (bicyclic) bond motifs is 1. The van der Waals surface area contributed by atoms with Crippen molar-refractivity contribution in [2.75, 3.05) is 25.4 Å². The van der Waals surface area contributed by atoms with Gasteiger partial charge in [0.25, 0.3) is 0 Å². The largest absolute Gasteiger partial charge is 0.439 e. The molecule has 18 heavy (non-hydrogen) atoms. The van der Waals surface area contributed by atoms with E-state index in [-0.39, 0.29) is 6.61 Å². The van der Waals surface area contributed by atoms with Crippen LogP contribution in [0.3, 0.4) is 0 Å². The third-order valence-corrected chi connectivity index (χ3v) is 3.44. The summed E-state index contributed by atoms with van der Waals surface area (Å²) >= 11 is 0. The van der Waals surface area contributed by atoms with Gasteiger partial charge in [-0.05, 0) is 31.0 Å². The zero-order chi connectivity index (χ0) is 12.5. The lowest BCUT2D eigenvalue weighted by atomic mass is 10.1. The quantitative estimate of drug-likeness (QED) is 0.798. The smallest absolute Gasteiger partial charge is 0.209 e. The van der Waals surface area contributed by atoms with E-state index in [4.69, 9.17) is 15.3 Å². The predicted molar refractivity (Wildman–Crippen MR) is 68.9 cm³/mol. The van der Waals surface area contributed by atoms with Crippen molar-refractivity contribution in [2.45, 2.75) is 13.0 Å². The molecule has 0 bridgehead atoms. The number of nitrogens with zero attached hydrogens (tertiary/aromatic N) is 2. The van der Waals surface area contributed by atoms with Crippen molar-refractivity contribution in [3.63, 3.8) is 0 Å². The van der Waals surface area contributed by atoms with Crippen molar-refractivity contribution < 1.29 is 9.52 Å². The number of nitrogens with two attached hydrogens (primary N) is 1. The minimum absolute atomic E-state index is 0.264. The second-order valence-electron chi connectivity index (χ2n) is 4.91. The predicted octanol–water partition coefficient (Wildman–Crippen LogP) is 1.22. The maximum atomic E-state index is 9.12. The molecule has 1 unspecified atom stereocenters. The SMILES string of the molecule is Nc1ccc2nc(CN3CCC(CO)C3)oc2c1. The highest BCUT2D eigenvalue weighted by Crippen LogP contribution is 2.22. The van der Waals surface area contributed by atoms with Crippen LogP contribution >= 0.6 is 0 Å². The van der Waals surface area contributed by atoms with Crippen LogP contribution in [0.5, 0.6) is 0 Å². The second-order valence-corrected chi connectivity index (χ2v) is 4.91. The van der Waals surface area contributed by atoms with Crippen LogP contribution in [0, 0.1) is 5.92 Å². The van der Waals surface area contributed by atoms with Crippen molar-refractivity contribution in [2.24, 2.45) is 5.92 Å². The molecule has 3 rings (SSSR count). The number of anilines is 1. The van der Waals surface area contributed by atoms with Crippen molar-refractivity contribution in [3.05, 3.63) is 24.1 Å². The minimum Gasteiger partial charge on any atom is -0.439 e. The molecule has 0 saturated carbocycles. The number of hydrogen-bond acceptors (Lipinski definition) is 5. The average molecular weight is 247 g/mol. The van der Waals surface area contributed by atoms with E-state index in [9.17, 15) is 0 Å². The fraction of sp³-hybridized carbons (Fsp3) is 0.462. The first-order chi connectivity index (χ1) is 8.74. The van der Waals surface area contributed by atoms with Gasteiger partial charge in [0, 0.05) is 24.9 Å². The highest BCUT2D eigenvalue weighted by Gasteiger charge is 2.23. The Hall–Kier alpha value is -1.59. The Balaban J connectivity index is 1.75. The Labute approximate surface area is 105 Å². The fourth-order valence-corrected chi connectivity index (χ4v) is 2.45. The molecule has 1 aromatic heterocycles. The van der Waals surface area contributed by atoms with Crippen molar-refractivity contribution >= 4 is 16.8 Å². The van der Waals surface area contributed by atoms with Crippen molar-refractivity contribution in [3.8, 4) is 0 Å². The fourth-order valence-electron chi connectivity index (χ4n) is 2.45. The first kappa shape index (κ1) is 11.5. The molecule has 1 aliphatic rings. The molecule has 1 atom stereocenters. The summed E-state index contributed by atoms with van der Waals surface area (Å²) in [5.74, 6) is 1.11. The van der Waals surface area contributed by atoms with Crippen LogP contribution in [0.2, 0.25) is 0 Å². The standard InChI is InChI=1S/C13H17N3O2/c14-10-1-2-11-12(5-10)18-13(15-11)7-16-4-3-9(6-16)8-17/h1-2,5,9,17H,3-4,6-8,14H2. The maximum Gasteiger partial charge on any atom is 0.209 e. The molecule has 5 nitrogen and oxygen atoms in total. The molecule has 0 aliphatic carbocycles. The molecule has 2 heterocycles. The summed E-state index contributed by atoms with van der Waals surface area (Å²) < 4.78 is 5.68. The van der Waals surface area contributed by atoms with Crippen LogP contribution in [-0.4, -0.2) is 34.7 Å². The van der Waals surface area contributed by atoms with Gasteiger partial charge in [0.1, 0.15) is 5.52 Å². The number of aromatic nitrogens is 1. The number of likely N-dealkylation sites (tertiary alicyclic amines) is 1. The Bertz CT molecular complexity index is 552. The van der Waals surface area contributed by atoms with Gasteiger partial charge in [0.15, 0.2) is 5.58 Å². The molecule has 2 aromatic rings. The van der Waals surface area contributed by atoms with Gasteiger partial charge in [0.2, 0.25) is 5.89 Å². The van der Waals surface area contributed by atoms with Gasteiger partial charge in [-0.15, -0.1) is 0 Å². The van der Waals surface area contributed by atoms with Gasteiger partial charge < -0.3 is 15.3 Å². The van der Waals surface area contributed by atoms with Gasteiger partial charge in [-0.1, -0.05) is 0 Å². The maximum absolute atomic E-state index is 9.12. The van der Waals surface area contributed by atoms with E-state index in [0.717, 1.165) is 30.6 Å². The highest BCUT2D eigenvalue weighted by molar-refractivity contribution is 5.76. The van der Waals surface area contributed by atoms with Crippen molar-refractivity contribution in [1.29, 1.82) is 0 Å². The lowest BCUT2D eigenvalue weighted by Crippen LogP contribution is -2.21. The molecular weight excluding hydrogens is 230 g/mol. The highest BCUT2D eigenvalue weighted by atomic mass is 16.3. The summed E-state index contributed by atoms with van der Waals surface area (Å²) in [6, 6.07) is 5.50. The summed E-state index contributed by atoms with van der Waals surface area (Å²) in [5.41, 5.74) is 7.98. The summed E-state index contributed by atoms with van der Waals surface area (Å²) in [6.45, 7) is 2.87. The first-order valence-electron chi connectivity index (χ1n) is 6.23. The first-order valence-corrected chi connectivity index (χ1v) is 6.23. The summed E-state index contributed by atoms with van der Waals surface area (Å²) in [5, 5.41) is 9.12. The number of nitrogen functional groups attached to an aromatic ring is 1. The number of aliphatic hydroxyl groups is 1. The van der Waals surface area contributed by atoms with E-state index < -0.39 is 0 Å². The van der Waals surface area contributed by atoms with E-state index in [2.05, 4.69) is 9.88 Å². The third kappa shape index (κ3) is 2.19. The summed E-state index contributed by atoms with van der Waals surface area (Å²) in [6.07, 6.45) is 1.05. The van der Waals surface area contributed by atoms with Crippen LogP contribution < -0.4 is 5.73 Å². The molecule has 96 valence electrons. The molecule has 1 saturated heterocycles. The van der Waals surface area contributed by atoms with E-state index in [0.29, 0.717) is 24.0 Å². The van der Waals surface area contributed by atoms with E-state index >= 15 is 0 Å². The Morgan fingerprint density at radius 1 is 1.50 bits per heavy atom. The topological polar surface area (TPSA) is 75.5 Å². The van der Waals surface area contributed by atoms with Gasteiger partial charge in [-0.3, -0.25) is 4.90 Å². The lowest BCUT2D eigenvalue weighted by molar-refractivity contribution is 0.215. The number of benzene rings is 1. The zero-order valence-electron chi connectivity index (χ0n) is 10.2. The van der Waals surface area contributed by atoms with E-state index in [1.165, 1.54) is 0 Å². The van der Waals surface area contributed by atoms with Crippen LogP contribution in [-0.2, 0) is 6.54 Å². The van der Waals surface area contributed by atoms with Gasteiger partial charge in [0.05, 0.1) is 6.54 Å². The molecule has 0 radical (unpaired) electrons. The summed E-state index contributed by atoms with van der Waals surface area (Å²) in [7, 11) is 0. The Morgan fingerprint density at radius 3 is 3.17 bits per heavy atom. The van der Waals surface area contributed by atoms with E-state index in [1.54, 1.807) is 6.07 Å². The van der Waals surface area contributed by atoms with Gasteiger partial charge >= 0.3 is 0 Å². The van der Waals surface area contributed by atoms with Crippen molar-refractivity contribution in [1.82, 2.24) is 9.88 Å². The average Bonchev–Trinajstić information content (AvgIpc) is 2.95. The monoisotopic (exact) mass is 247 g/mol. The van der Waals surface area contributed by atoms with Gasteiger partial charge in [-0.2, -0.15) is 0 Å². The van der Waals surface area contributed by atoms with Crippen LogP contribution in [0.4, 0.5) is 5.69 Å². The normalized spacial score (nSPS) is 20.8. The third-order valence-electron chi connectivity index (χ3n) is 3.44. The minimum atomic E-state index is 0.264. The van der Waals surface area contributed by atoms with Crippen LogP contribution in [0.15, 0.2) is 22.6 Å². The number of aliphatic hydroxyl groups excluding tert-OH is 1. The molecule has 1 aliphatic heterocycles. The van der Waals surface area contributed by atoms with Gasteiger partial charge in [-0.25, -0.2) is 4.98 Å².